The van der Waals surface area contributed by atoms with E-state index in [0.717, 1.165) is 23.4 Å². The van der Waals surface area contributed by atoms with Gasteiger partial charge in [-0.05, 0) is 43.2 Å². The highest BCUT2D eigenvalue weighted by Gasteiger charge is 2.12. The zero-order valence-corrected chi connectivity index (χ0v) is 12.5. The summed E-state index contributed by atoms with van der Waals surface area (Å²) in [6.07, 6.45) is 0.336. The molecule has 0 amide bonds. The molecule has 0 heterocycles. The summed E-state index contributed by atoms with van der Waals surface area (Å²) in [5, 5.41) is 0. The first-order valence-electron chi connectivity index (χ1n) is 7.17. The SMILES string of the molecule is CCN(CC(=O)Cc1ccc(F)cc1)c1ccccc1C. The highest BCUT2D eigenvalue weighted by atomic mass is 19.1. The summed E-state index contributed by atoms with van der Waals surface area (Å²) in [7, 11) is 0. The van der Waals surface area contributed by atoms with Crippen LogP contribution in [0.3, 0.4) is 0 Å². The third kappa shape index (κ3) is 4.15. The second-order valence-electron chi connectivity index (χ2n) is 5.14. The van der Waals surface area contributed by atoms with E-state index in [1.165, 1.54) is 12.1 Å². The Kier molecular flexibility index (Phi) is 5.09. The van der Waals surface area contributed by atoms with E-state index in [-0.39, 0.29) is 11.6 Å². The molecule has 110 valence electrons. The average molecular weight is 285 g/mol. The molecule has 0 radical (unpaired) electrons. The monoisotopic (exact) mass is 285 g/mol. The second-order valence-corrected chi connectivity index (χ2v) is 5.14. The van der Waals surface area contributed by atoms with Gasteiger partial charge in [0.2, 0.25) is 0 Å². The Hall–Kier alpha value is -2.16. The lowest BCUT2D eigenvalue weighted by molar-refractivity contribution is -0.117. The number of anilines is 1. The summed E-state index contributed by atoms with van der Waals surface area (Å²) >= 11 is 0. The van der Waals surface area contributed by atoms with E-state index in [1.54, 1.807) is 12.1 Å². The lowest BCUT2D eigenvalue weighted by Crippen LogP contribution is -2.31. The molecule has 2 rings (SSSR count). The molecule has 0 atom stereocenters. The van der Waals surface area contributed by atoms with E-state index in [9.17, 15) is 9.18 Å². The number of benzene rings is 2. The van der Waals surface area contributed by atoms with Crippen molar-refractivity contribution in [3.63, 3.8) is 0 Å². The van der Waals surface area contributed by atoms with Crippen LogP contribution in [-0.4, -0.2) is 18.9 Å². The fourth-order valence-electron chi connectivity index (χ4n) is 2.38. The topological polar surface area (TPSA) is 20.3 Å². The standard InChI is InChI=1S/C18H20FNO/c1-3-20(18-7-5-4-6-14(18)2)13-17(21)12-15-8-10-16(19)11-9-15/h4-11H,3,12-13H2,1-2H3. The van der Waals surface area contributed by atoms with Gasteiger partial charge in [-0.2, -0.15) is 0 Å². The van der Waals surface area contributed by atoms with Crippen LogP contribution < -0.4 is 4.90 Å². The maximum Gasteiger partial charge on any atom is 0.156 e. The van der Waals surface area contributed by atoms with Crippen LogP contribution in [0.25, 0.3) is 0 Å². The number of aryl methyl sites for hydroxylation is 1. The van der Waals surface area contributed by atoms with Gasteiger partial charge >= 0.3 is 0 Å². The zero-order valence-electron chi connectivity index (χ0n) is 12.5. The lowest BCUT2D eigenvalue weighted by Gasteiger charge is -2.24. The molecule has 0 saturated carbocycles. The Morgan fingerprint density at radius 3 is 2.38 bits per heavy atom. The molecule has 0 fully saturated rings. The smallest absolute Gasteiger partial charge is 0.156 e. The molecule has 0 unspecified atom stereocenters. The van der Waals surface area contributed by atoms with Crippen LogP contribution in [0.4, 0.5) is 10.1 Å². The van der Waals surface area contributed by atoms with Crippen molar-refractivity contribution in [1.29, 1.82) is 0 Å². The van der Waals surface area contributed by atoms with Crippen molar-refractivity contribution >= 4 is 11.5 Å². The van der Waals surface area contributed by atoms with Crippen LogP contribution in [0.15, 0.2) is 48.5 Å². The predicted molar refractivity (Wildman–Crippen MR) is 84.2 cm³/mol. The molecule has 2 nitrogen and oxygen atoms in total. The van der Waals surface area contributed by atoms with Gasteiger partial charge < -0.3 is 4.90 Å². The van der Waals surface area contributed by atoms with Crippen molar-refractivity contribution in [3.05, 3.63) is 65.5 Å². The average Bonchev–Trinajstić information content (AvgIpc) is 2.48. The van der Waals surface area contributed by atoms with Gasteiger partial charge in [-0.25, -0.2) is 4.39 Å². The minimum atomic E-state index is -0.277. The number of carbonyl (C=O) groups is 1. The number of Topliss-reactive ketones (excluding diaryl/α,β-unsaturated/α-hetero) is 1. The predicted octanol–water partition coefficient (Wildman–Crippen LogP) is 3.77. The number of hydrogen-bond donors (Lipinski definition) is 0. The first-order valence-corrected chi connectivity index (χ1v) is 7.17. The fourth-order valence-corrected chi connectivity index (χ4v) is 2.38. The summed E-state index contributed by atoms with van der Waals surface area (Å²) in [6.45, 7) is 5.23. The molecule has 2 aromatic rings. The number of para-hydroxylation sites is 1. The van der Waals surface area contributed by atoms with Gasteiger partial charge in [0.05, 0.1) is 6.54 Å². The van der Waals surface area contributed by atoms with E-state index < -0.39 is 0 Å². The Bertz CT molecular complexity index is 607. The van der Waals surface area contributed by atoms with E-state index in [0.29, 0.717) is 13.0 Å². The third-order valence-corrected chi connectivity index (χ3v) is 3.52. The van der Waals surface area contributed by atoms with Crippen LogP contribution in [-0.2, 0) is 11.2 Å². The minimum absolute atomic E-state index is 0.131. The zero-order chi connectivity index (χ0) is 15.2. The highest BCUT2D eigenvalue weighted by molar-refractivity contribution is 5.85. The molecule has 0 bridgehead atoms. The summed E-state index contributed by atoms with van der Waals surface area (Å²) in [5.74, 6) is -0.145. The van der Waals surface area contributed by atoms with Gasteiger partial charge in [0.1, 0.15) is 5.82 Å². The molecular weight excluding hydrogens is 265 g/mol. The molecule has 21 heavy (non-hydrogen) atoms. The van der Waals surface area contributed by atoms with E-state index in [4.69, 9.17) is 0 Å². The van der Waals surface area contributed by atoms with Crippen LogP contribution in [0.5, 0.6) is 0 Å². The largest absolute Gasteiger partial charge is 0.364 e. The van der Waals surface area contributed by atoms with E-state index in [2.05, 4.69) is 4.90 Å². The quantitative estimate of drug-likeness (QED) is 0.805. The van der Waals surface area contributed by atoms with Crippen molar-refractivity contribution in [2.24, 2.45) is 0 Å². The lowest BCUT2D eigenvalue weighted by atomic mass is 10.1. The van der Waals surface area contributed by atoms with Gasteiger partial charge in [-0.15, -0.1) is 0 Å². The van der Waals surface area contributed by atoms with Gasteiger partial charge in [0.25, 0.3) is 0 Å². The molecule has 0 aliphatic rings. The normalized spacial score (nSPS) is 10.4. The molecule has 3 heteroatoms. The second kappa shape index (κ2) is 7.02. The van der Waals surface area contributed by atoms with Crippen LogP contribution in [0.2, 0.25) is 0 Å². The number of carbonyl (C=O) groups excluding carboxylic acids is 1. The Morgan fingerprint density at radius 1 is 1.10 bits per heavy atom. The molecule has 0 aliphatic carbocycles. The fraction of sp³-hybridized carbons (Fsp3) is 0.278. The number of rotatable bonds is 6. The minimum Gasteiger partial charge on any atom is -0.364 e. The molecule has 0 aromatic heterocycles. The van der Waals surface area contributed by atoms with Crippen LogP contribution >= 0.6 is 0 Å². The summed E-state index contributed by atoms with van der Waals surface area (Å²) in [4.78, 5) is 14.3. The maximum atomic E-state index is 12.9. The molecular formula is C18H20FNO. The molecule has 2 aromatic carbocycles. The maximum absolute atomic E-state index is 12.9. The Balaban J connectivity index is 2.03. The van der Waals surface area contributed by atoms with Crippen molar-refractivity contribution in [1.82, 2.24) is 0 Å². The Morgan fingerprint density at radius 2 is 1.76 bits per heavy atom. The first-order chi connectivity index (χ1) is 10.1. The van der Waals surface area contributed by atoms with Crippen molar-refractivity contribution in [2.75, 3.05) is 18.0 Å². The number of likely N-dealkylation sites (N-methyl/N-ethyl adjacent to an activating group) is 1. The number of ketones is 1. The summed E-state index contributed by atoms with van der Waals surface area (Å²) in [6, 6.07) is 14.2. The molecule has 0 N–H and O–H groups in total. The van der Waals surface area contributed by atoms with E-state index >= 15 is 0 Å². The van der Waals surface area contributed by atoms with Gasteiger partial charge in [0.15, 0.2) is 5.78 Å². The molecule has 0 spiro atoms. The van der Waals surface area contributed by atoms with Crippen molar-refractivity contribution < 1.29 is 9.18 Å². The van der Waals surface area contributed by atoms with Gasteiger partial charge in [-0.1, -0.05) is 30.3 Å². The van der Waals surface area contributed by atoms with E-state index in [1.807, 2.05) is 38.1 Å². The van der Waals surface area contributed by atoms with Gasteiger partial charge in [-0.3, -0.25) is 4.79 Å². The number of halogens is 1. The van der Waals surface area contributed by atoms with Crippen molar-refractivity contribution in [2.45, 2.75) is 20.3 Å². The number of hydrogen-bond acceptors (Lipinski definition) is 2. The molecule has 0 aliphatic heterocycles. The summed E-state index contributed by atoms with van der Waals surface area (Å²) in [5.41, 5.74) is 3.10. The third-order valence-electron chi connectivity index (χ3n) is 3.52. The summed E-state index contributed by atoms with van der Waals surface area (Å²) < 4.78 is 12.9. The Labute approximate surface area is 125 Å². The van der Waals surface area contributed by atoms with Crippen LogP contribution in [0, 0.1) is 12.7 Å². The highest BCUT2D eigenvalue weighted by Crippen LogP contribution is 2.19. The van der Waals surface area contributed by atoms with Crippen LogP contribution in [0.1, 0.15) is 18.1 Å². The first kappa shape index (κ1) is 15.2. The number of nitrogens with zero attached hydrogens (tertiary/aromatic N) is 1. The van der Waals surface area contributed by atoms with Crippen molar-refractivity contribution in [3.8, 4) is 0 Å². The van der Waals surface area contributed by atoms with Gasteiger partial charge in [0, 0.05) is 18.7 Å². The molecule has 0 saturated heterocycles.